The molecule has 0 radical (unpaired) electrons. The first-order valence-electron chi connectivity index (χ1n) is 9.41. The van der Waals surface area contributed by atoms with Crippen LogP contribution < -0.4 is 25.6 Å². The van der Waals surface area contributed by atoms with Crippen molar-refractivity contribution >= 4 is 41.5 Å². The molecule has 1 aliphatic carbocycles. The highest BCUT2D eigenvalue weighted by atomic mass is 127. The number of nitrogens with zero attached hydrogens (tertiary/aromatic N) is 2. The van der Waals surface area contributed by atoms with E-state index in [9.17, 15) is 4.79 Å². The Bertz CT molecular complexity index is 651. The lowest BCUT2D eigenvalue weighted by Gasteiger charge is -2.22. The zero-order valence-electron chi connectivity index (χ0n) is 16.0. The first kappa shape index (κ1) is 21.6. The Morgan fingerprint density at radius 3 is 2.70 bits per heavy atom. The van der Waals surface area contributed by atoms with Crippen LogP contribution in [-0.2, 0) is 4.79 Å². The van der Waals surface area contributed by atoms with Crippen molar-refractivity contribution in [2.45, 2.75) is 38.3 Å². The van der Waals surface area contributed by atoms with E-state index in [0.717, 1.165) is 50.3 Å². The molecule has 1 saturated heterocycles. The molecule has 3 N–H and O–H groups in total. The Labute approximate surface area is 178 Å². The van der Waals surface area contributed by atoms with Crippen molar-refractivity contribution in [2.75, 3.05) is 38.2 Å². The fraction of sp³-hybridized carbons (Fsp3) is 0.579. The smallest absolute Gasteiger partial charge is 0.242 e. The number of benzene rings is 1. The number of anilines is 1. The minimum absolute atomic E-state index is 0. The number of hydrogen-bond donors (Lipinski definition) is 3. The van der Waals surface area contributed by atoms with Gasteiger partial charge in [-0.1, -0.05) is 12.1 Å². The summed E-state index contributed by atoms with van der Waals surface area (Å²) < 4.78 is 5.47. The topological polar surface area (TPSA) is 78.0 Å². The largest absolute Gasteiger partial charge is 0.495 e. The average Bonchev–Trinajstić information content (AvgIpc) is 3.34. The third kappa shape index (κ3) is 6.44. The van der Waals surface area contributed by atoms with Crippen LogP contribution >= 0.6 is 24.0 Å². The summed E-state index contributed by atoms with van der Waals surface area (Å²) in [6.07, 6.45) is 3.19. The number of carbonyl (C=O) groups is 1. The van der Waals surface area contributed by atoms with E-state index in [1.165, 1.54) is 0 Å². The Kier molecular flexibility index (Phi) is 8.46. The van der Waals surface area contributed by atoms with Crippen molar-refractivity contribution in [2.24, 2.45) is 4.99 Å². The Hall–Kier alpha value is -1.71. The summed E-state index contributed by atoms with van der Waals surface area (Å²) in [6, 6.07) is 8.74. The minimum atomic E-state index is -0.00762. The van der Waals surface area contributed by atoms with E-state index in [0.29, 0.717) is 12.0 Å². The van der Waals surface area contributed by atoms with Crippen LogP contribution in [-0.4, -0.2) is 57.2 Å². The third-order valence-electron chi connectivity index (χ3n) is 4.62. The molecular weight excluding hydrogens is 457 g/mol. The number of methoxy groups -OCH3 is 1. The molecule has 1 aliphatic heterocycles. The average molecular weight is 487 g/mol. The van der Waals surface area contributed by atoms with Crippen LogP contribution in [0.3, 0.4) is 0 Å². The fourth-order valence-electron chi connectivity index (χ4n) is 3.15. The van der Waals surface area contributed by atoms with E-state index in [4.69, 9.17) is 4.74 Å². The number of guanidine groups is 1. The zero-order chi connectivity index (χ0) is 18.4. The van der Waals surface area contributed by atoms with E-state index in [1.807, 2.05) is 25.1 Å². The monoisotopic (exact) mass is 487 g/mol. The second-order valence-electron chi connectivity index (χ2n) is 6.78. The maximum atomic E-state index is 11.9. The lowest BCUT2D eigenvalue weighted by atomic mass is 10.2. The maximum absolute atomic E-state index is 11.9. The van der Waals surface area contributed by atoms with Crippen LogP contribution in [0.2, 0.25) is 0 Å². The second-order valence-corrected chi connectivity index (χ2v) is 6.78. The third-order valence-corrected chi connectivity index (χ3v) is 4.62. The number of ether oxygens (including phenoxy) is 1. The summed E-state index contributed by atoms with van der Waals surface area (Å²) in [5.74, 6) is 1.59. The maximum Gasteiger partial charge on any atom is 0.242 e. The van der Waals surface area contributed by atoms with Crippen molar-refractivity contribution in [3.63, 3.8) is 0 Å². The molecule has 2 aliphatic rings. The molecule has 1 heterocycles. The molecule has 0 spiro atoms. The zero-order valence-corrected chi connectivity index (χ0v) is 18.4. The van der Waals surface area contributed by atoms with Gasteiger partial charge in [-0.15, -0.1) is 24.0 Å². The lowest BCUT2D eigenvalue weighted by Crippen LogP contribution is -2.45. The molecule has 0 bridgehead atoms. The first-order chi connectivity index (χ1) is 12.7. The van der Waals surface area contributed by atoms with Crippen molar-refractivity contribution < 1.29 is 9.53 Å². The normalized spacial score (nSPS) is 19.3. The van der Waals surface area contributed by atoms with Gasteiger partial charge in [0, 0.05) is 31.7 Å². The van der Waals surface area contributed by atoms with Gasteiger partial charge in [0.2, 0.25) is 5.91 Å². The Morgan fingerprint density at radius 2 is 2.00 bits per heavy atom. The molecule has 150 valence electrons. The van der Waals surface area contributed by atoms with Gasteiger partial charge in [0.05, 0.1) is 12.8 Å². The molecule has 3 rings (SSSR count). The summed E-state index contributed by atoms with van der Waals surface area (Å²) in [5, 5.41) is 9.64. The van der Waals surface area contributed by atoms with Gasteiger partial charge in [-0.05, 0) is 38.3 Å². The number of nitrogens with one attached hydrogen (secondary N) is 3. The van der Waals surface area contributed by atoms with E-state index in [2.05, 4.69) is 31.9 Å². The van der Waals surface area contributed by atoms with Crippen LogP contribution in [0, 0.1) is 0 Å². The molecule has 1 unspecified atom stereocenters. The second kappa shape index (κ2) is 10.6. The van der Waals surface area contributed by atoms with Crippen molar-refractivity contribution in [3.05, 3.63) is 24.3 Å². The van der Waals surface area contributed by atoms with E-state index >= 15 is 0 Å². The lowest BCUT2D eigenvalue weighted by molar-refractivity contribution is -0.119. The minimum Gasteiger partial charge on any atom is -0.495 e. The number of hydrogen-bond acceptors (Lipinski definition) is 4. The molecule has 2 fully saturated rings. The number of para-hydroxylation sites is 2. The van der Waals surface area contributed by atoms with Gasteiger partial charge in [0.1, 0.15) is 12.3 Å². The van der Waals surface area contributed by atoms with Crippen LogP contribution in [0.1, 0.15) is 26.2 Å². The van der Waals surface area contributed by atoms with Gasteiger partial charge in [-0.25, -0.2) is 4.99 Å². The molecule has 8 heteroatoms. The van der Waals surface area contributed by atoms with Crippen LogP contribution in [0.15, 0.2) is 29.3 Å². The van der Waals surface area contributed by atoms with Gasteiger partial charge in [0.15, 0.2) is 5.96 Å². The van der Waals surface area contributed by atoms with Crippen molar-refractivity contribution in [1.29, 1.82) is 0 Å². The number of amides is 1. The highest BCUT2D eigenvalue weighted by molar-refractivity contribution is 14.0. The molecule has 0 aromatic heterocycles. The first-order valence-corrected chi connectivity index (χ1v) is 9.41. The quantitative estimate of drug-likeness (QED) is 0.310. The summed E-state index contributed by atoms with van der Waals surface area (Å²) in [5.41, 5.74) is 1.12. The molecule has 27 heavy (non-hydrogen) atoms. The van der Waals surface area contributed by atoms with Gasteiger partial charge in [-0.2, -0.15) is 0 Å². The number of rotatable bonds is 7. The molecule has 1 amide bonds. The van der Waals surface area contributed by atoms with Gasteiger partial charge < -0.3 is 25.6 Å². The molecule has 1 aromatic rings. The van der Waals surface area contributed by atoms with Crippen molar-refractivity contribution in [3.8, 4) is 5.75 Å². The summed E-state index contributed by atoms with van der Waals surface area (Å²) in [6.45, 7) is 4.78. The van der Waals surface area contributed by atoms with Crippen LogP contribution in [0.5, 0.6) is 5.75 Å². The molecule has 7 nitrogen and oxygen atoms in total. The highest BCUT2D eigenvalue weighted by Gasteiger charge is 2.26. The summed E-state index contributed by atoms with van der Waals surface area (Å²) in [4.78, 5) is 18.6. The molecule has 1 aromatic carbocycles. The van der Waals surface area contributed by atoms with Gasteiger partial charge >= 0.3 is 0 Å². The Balaban J connectivity index is 0.00000261. The SMILES string of the molecule is CCNC(=NCC(=O)NC1CC1)NC1CCN(c2ccccc2OC)C1.I. The van der Waals surface area contributed by atoms with E-state index in [1.54, 1.807) is 7.11 Å². The van der Waals surface area contributed by atoms with Gasteiger partial charge in [0.25, 0.3) is 0 Å². The fourth-order valence-corrected chi connectivity index (χ4v) is 3.15. The van der Waals surface area contributed by atoms with E-state index < -0.39 is 0 Å². The Morgan fingerprint density at radius 1 is 1.22 bits per heavy atom. The standard InChI is InChI=1S/C19H29N5O2.HI/c1-3-20-19(21-12-18(25)22-14-8-9-14)23-15-10-11-24(13-15)16-6-4-5-7-17(16)26-2;/h4-7,14-15H,3,8-13H2,1-2H3,(H,22,25)(H2,20,21,23);1H. The molecule has 1 saturated carbocycles. The summed E-state index contributed by atoms with van der Waals surface area (Å²) >= 11 is 0. The van der Waals surface area contributed by atoms with Gasteiger partial charge in [-0.3, -0.25) is 4.79 Å². The number of aliphatic imine (C=N–C) groups is 1. The summed E-state index contributed by atoms with van der Waals surface area (Å²) in [7, 11) is 1.70. The predicted molar refractivity (Wildman–Crippen MR) is 119 cm³/mol. The number of halogens is 1. The van der Waals surface area contributed by atoms with E-state index in [-0.39, 0.29) is 42.5 Å². The van der Waals surface area contributed by atoms with Crippen LogP contribution in [0.25, 0.3) is 0 Å². The van der Waals surface area contributed by atoms with Crippen LogP contribution in [0.4, 0.5) is 5.69 Å². The van der Waals surface area contributed by atoms with Crippen molar-refractivity contribution in [1.82, 2.24) is 16.0 Å². The molecule has 1 atom stereocenters. The number of carbonyl (C=O) groups excluding carboxylic acids is 1. The highest BCUT2D eigenvalue weighted by Crippen LogP contribution is 2.30. The molecular formula is C19H30IN5O2. The predicted octanol–water partition coefficient (Wildman–Crippen LogP) is 1.73.